The standard InChI is InChI=1S/C32H46N2O8/c1-32(2,3)42-31(36)34(4)15-17-38-19-21-40-23-22-39-20-18-37-16-9-14-33-30(35)41-24-29-27-12-7-5-10-25(27)26-11-6-8-13-28(26)29/h5-8,10-13,29H,9,14-24H2,1-4H3,(H,33,35). The number of hydrogen-bond acceptors (Lipinski definition) is 8. The van der Waals surface area contributed by atoms with Crippen molar-refractivity contribution in [2.45, 2.75) is 38.7 Å². The van der Waals surface area contributed by atoms with Crippen LogP contribution in [-0.4, -0.2) is 102 Å². The first-order valence-electron chi connectivity index (χ1n) is 14.6. The maximum atomic E-state index is 12.2. The lowest BCUT2D eigenvalue weighted by Gasteiger charge is -2.24. The fraction of sp³-hybridized carbons (Fsp3) is 0.562. The van der Waals surface area contributed by atoms with Crippen molar-refractivity contribution < 1.29 is 38.0 Å². The summed E-state index contributed by atoms with van der Waals surface area (Å²) in [5.41, 5.74) is 4.29. The van der Waals surface area contributed by atoms with Gasteiger partial charge in [0.05, 0.1) is 46.2 Å². The molecule has 0 saturated heterocycles. The maximum absolute atomic E-state index is 12.2. The molecule has 1 aliphatic rings. The molecule has 1 N–H and O–H groups in total. The Morgan fingerprint density at radius 2 is 1.26 bits per heavy atom. The van der Waals surface area contributed by atoms with Crippen LogP contribution in [0.4, 0.5) is 9.59 Å². The van der Waals surface area contributed by atoms with Crippen LogP contribution in [0.3, 0.4) is 0 Å². The fourth-order valence-electron chi connectivity index (χ4n) is 4.41. The molecule has 10 nitrogen and oxygen atoms in total. The van der Waals surface area contributed by atoms with Crippen LogP contribution in [0.1, 0.15) is 44.2 Å². The molecule has 2 aromatic carbocycles. The maximum Gasteiger partial charge on any atom is 0.410 e. The van der Waals surface area contributed by atoms with E-state index in [4.69, 9.17) is 28.4 Å². The number of amides is 2. The molecule has 0 heterocycles. The molecule has 0 saturated carbocycles. The lowest BCUT2D eigenvalue weighted by Crippen LogP contribution is -2.36. The normalized spacial score (nSPS) is 12.5. The molecule has 0 aromatic heterocycles. The van der Waals surface area contributed by atoms with Crippen molar-refractivity contribution in [3.63, 3.8) is 0 Å². The van der Waals surface area contributed by atoms with E-state index in [1.165, 1.54) is 27.2 Å². The number of ether oxygens (including phenoxy) is 6. The molecule has 3 rings (SSSR count). The van der Waals surface area contributed by atoms with Crippen LogP contribution in [0.2, 0.25) is 0 Å². The van der Waals surface area contributed by atoms with Crippen molar-refractivity contribution in [3.05, 3.63) is 59.7 Å². The van der Waals surface area contributed by atoms with Gasteiger partial charge in [-0.3, -0.25) is 0 Å². The minimum atomic E-state index is -0.513. The molecule has 232 valence electrons. The first-order chi connectivity index (χ1) is 20.3. The Kier molecular flexibility index (Phi) is 14.0. The minimum Gasteiger partial charge on any atom is -0.449 e. The van der Waals surface area contributed by atoms with Gasteiger partial charge in [0.1, 0.15) is 12.2 Å². The molecule has 1 aliphatic carbocycles. The first-order valence-corrected chi connectivity index (χ1v) is 14.6. The van der Waals surface area contributed by atoms with E-state index in [2.05, 4.69) is 29.6 Å². The summed E-state index contributed by atoms with van der Waals surface area (Å²) < 4.78 is 32.8. The predicted octanol–water partition coefficient (Wildman–Crippen LogP) is 4.85. The van der Waals surface area contributed by atoms with Crippen LogP contribution < -0.4 is 5.32 Å². The van der Waals surface area contributed by atoms with E-state index in [9.17, 15) is 9.59 Å². The Morgan fingerprint density at radius 1 is 0.762 bits per heavy atom. The Hall–Kier alpha value is -3.18. The van der Waals surface area contributed by atoms with Crippen LogP contribution in [0.25, 0.3) is 11.1 Å². The van der Waals surface area contributed by atoms with Crippen LogP contribution in [0, 0.1) is 0 Å². The zero-order chi connectivity index (χ0) is 30.2. The van der Waals surface area contributed by atoms with Crippen LogP contribution >= 0.6 is 0 Å². The lowest BCUT2D eigenvalue weighted by atomic mass is 9.98. The van der Waals surface area contributed by atoms with Crippen molar-refractivity contribution in [2.24, 2.45) is 0 Å². The molecule has 42 heavy (non-hydrogen) atoms. The van der Waals surface area contributed by atoms with E-state index in [0.29, 0.717) is 79.0 Å². The van der Waals surface area contributed by atoms with Crippen LogP contribution in [-0.2, 0) is 28.4 Å². The van der Waals surface area contributed by atoms with Gasteiger partial charge in [-0.25, -0.2) is 9.59 Å². The summed E-state index contributed by atoms with van der Waals surface area (Å²) in [7, 11) is 1.68. The van der Waals surface area contributed by atoms with Crippen molar-refractivity contribution in [2.75, 3.05) is 79.6 Å². The number of likely N-dealkylation sites (N-methyl/N-ethyl adjacent to an activating group) is 1. The molecular formula is C32H46N2O8. The number of hydrogen-bond donors (Lipinski definition) is 1. The molecule has 0 radical (unpaired) electrons. The highest BCUT2D eigenvalue weighted by molar-refractivity contribution is 5.79. The molecule has 0 atom stereocenters. The second kappa shape index (κ2) is 17.7. The topological polar surface area (TPSA) is 105 Å². The fourth-order valence-corrected chi connectivity index (χ4v) is 4.41. The summed E-state index contributed by atoms with van der Waals surface area (Å²) in [5, 5.41) is 2.79. The molecule has 2 amide bonds. The van der Waals surface area contributed by atoms with Gasteiger partial charge in [-0.2, -0.15) is 0 Å². The van der Waals surface area contributed by atoms with Gasteiger partial charge in [-0.15, -0.1) is 0 Å². The second-order valence-corrected chi connectivity index (χ2v) is 11.0. The Balaban J connectivity index is 1.09. The van der Waals surface area contributed by atoms with Crippen molar-refractivity contribution in [1.29, 1.82) is 0 Å². The van der Waals surface area contributed by atoms with E-state index >= 15 is 0 Å². The van der Waals surface area contributed by atoms with Gasteiger partial charge in [-0.1, -0.05) is 48.5 Å². The zero-order valence-corrected chi connectivity index (χ0v) is 25.4. The lowest BCUT2D eigenvalue weighted by molar-refractivity contribution is -0.00579. The number of carbonyl (C=O) groups excluding carboxylic acids is 2. The average molecular weight is 587 g/mol. The van der Waals surface area contributed by atoms with E-state index in [1.54, 1.807) is 7.05 Å². The quantitative estimate of drug-likeness (QED) is 0.247. The summed E-state index contributed by atoms with van der Waals surface area (Å²) in [6, 6.07) is 16.5. The molecule has 0 unspecified atom stereocenters. The highest BCUT2D eigenvalue weighted by Gasteiger charge is 2.29. The third-order valence-electron chi connectivity index (χ3n) is 6.47. The molecule has 0 spiro atoms. The summed E-state index contributed by atoms with van der Waals surface area (Å²) >= 11 is 0. The van der Waals surface area contributed by atoms with E-state index < -0.39 is 11.7 Å². The van der Waals surface area contributed by atoms with Gasteiger partial charge in [-0.05, 0) is 49.4 Å². The van der Waals surface area contributed by atoms with Crippen LogP contribution in [0.15, 0.2) is 48.5 Å². The van der Waals surface area contributed by atoms with Gasteiger partial charge >= 0.3 is 12.2 Å². The summed E-state index contributed by atoms with van der Waals surface area (Å²) in [5.74, 6) is 0.0507. The van der Waals surface area contributed by atoms with Gasteiger partial charge in [0.25, 0.3) is 0 Å². The molecule has 0 fully saturated rings. The minimum absolute atomic E-state index is 0.0507. The average Bonchev–Trinajstić information content (AvgIpc) is 3.28. The molecule has 0 bridgehead atoms. The Labute approximate surface area is 249 Å². The van der Waals surface area contributed by atoms with E-state index in [0.717, 1.165) is 0 Å². The smallest absolute Gasteiger partial charge is 0.410 e. The van der Waals surface area contributed by atoms with E-state index in [-0.39, 0.29) is 12.0 Å². The number of carbonyl (C=O) groups is 2. The van der Waals surface area contributed by atoms with Crippen molar-refractivity contribution in [1.82, 2.24) is 10.2 Å². The third kappa shape index (κ3) is 11.6. The number of nitrogens with zero attached hydrogens (tertiary/aromatic N) is 1. The second-order valence-electron chi connectivity index (χ2n) is 11.0. The summed E-state index contributed by atoms with van der Waals surface area (Å²) in [6.45, 7) is 10.4. The number of rotatable bonds is 18. The number of benzene rings is 2. The Bertz CT molecular complexity index is 1060. The SMILES string of the molecule is CN(CCOCCOCCOCCOCCCNC(=O)OCC1c2ccccc2-c2ccccc21)C(=O)OC(C)(C)C. The van der Waals surface area contributed by atoms with Gasteiger partial charge in [0.2, 0.25) is 0 Å². The van der Waals surface area contributed by atoms with Crippen molar-refractivity contribution >= 4 is 12.2 Å². The van der Waals surface area contributed by atoms with Gasteiger partial charge in [0, 0.05) is 32.7 Å². The predicted molar refractivity (Wildman–Crippen MR) is 160 cm³/mol. The molecule has 0 aliphatic heterocycles. The first kappa shape index (κ1) is 33.3. The highest BCUT2D eigenvalue weighted by atomic mass is 16.6. The van der Waals surface area contributed by atoms with Crippen molar-refractivity contribution in [3.8, 4) is 11.1 Å². The van der Waals surface area contributed by atoms with Gasteiger partial charge < -0.3 is 38.6 Å². The monoisotopic (exact) mass is 586 g/mol. The largest absolute Gasteiger partial charge is 0.449 e. The summed E-state index contributed by atoms with van der Waals surface area (Å²) in [6.07, 6.45) is -0.103. The van der Waals surface area contributed by atoms with Crippen LogP contribution in [0.5, 0.6) is 0 Å². The molecule has 10 heteroatoms. The Morgan fingerprint density at radius 3 is 1.81 bits per heavy atom. The molecule has 2 aromatic rings. The van der Waals surface area contributed by atoms with E-state index in [1.807, 2.05) is 45.0 Å². The molecular weight excluding hydrogens is 540 g/mol. The van der Waals surface area contributed by atoms with Gasteiger partial charge in [0.15, 0.2) is 0 Å². The third-order valence-corrected chi connectivity index (χ3v) is 6.47. The number of fused-ring (bicyclic) bond motifs is 3. The highest BCUT2D eigenvalue weighted by Crippen LogP contribution is 2.44. The zero-order valence-electron chi connectivity index (χ0n) is 25.4. The number of nitrogens with one attached hydrogen (secondary N) is 1. The number of alkyl carbamates (subject to hydrolysis) is 1. The summed E-state index contributed by atoms with van der Waals surface area (Å²) in [4.78, 5) is 25.6.